The molecule has 1 saturated heterocycles. The summed E-state index contributed by atoms with van der Waals surface area (Å²) in [5, 5.41) is 3.41. The molecule has 0 aliphatic carbocycles. The Hall–Kier alpha value is -0.540. The van der Waals surface area contributed by atoms with Crippen LogP contribution in [0.1, 0.15) is 45.6 Å². The van der Waals surface area contributed by atoms with E-state index in [1.165, 1.54) is 24.8 Å². The van der Waals surface area contributed by atoms with Gasteiger partial charge in [-0.1, -0.05) is 36.7 Å². The fourth-order valence-electron chi connectivity index (χ4n) is 2.72. The zero-order valence-electron chi connectivity index (χ0n) is 12.8. The van der Waals surface area contributed by atoms with E-state index in [1.54, 1.807) is 0 Å². The van der Waals surface area contributed by atoms with Crippen molar-refractivity contribution in [1.82, 2.24) is 5.32 Å². The van der Waals surface area contributed by atoms with E-state index < -0.39 is 0 Å². The Kier molecular flexibility index (Phi) is 5.50. The summed E-state index contributed by atoms with van der Waals surface area (Å²) in [5.41, 5.74) is 1.38. The molecule has 2 nitrogen and oxygen atoms in total. The number of rotatable bonds is 4. The van der Waals surface area contributed by atoms with Gasteiger partial charge in [-0.3, -0.25) is 0 Å². The summed E-state index contributed by atoms with van der Waals surface area (Å²) in [4.78, 5) is 0. The van der Waals surface area contributed by atoms with Crippen LogP contribution in [0.25, 0.3) is 0 Å². The van der Waals surface area contributed by atoms with Crippen LogP contribution >= 0.6 is 15.9 Å². The van der Waals surface area contributed by atoms with Crippen molar-refractivity contribution in [2.24, 2.45) is 5.92 Å². The Morgan fingerprint density at radius 3 is 2.60 bits per heavy atom. The molecule has 0 amide bonds. The minimum absolute atomic E-state index is 0.105. The van der Waals surface area contributed by atoms with Gasteiger partial charge in [-0.05, 0) is 61.9 Å². The van der Waals surface area contributed by atoms with Crippen LogP contribution in [-0.2, 0) is 5.41 Å². The van der Waals surface area contributed by atoms with Gasteiger partial charge in [0.2, 0.25) is 0 Å². The average Bonchev–Trinajstić information content (AvgIpc) is 2.40. The summed E-state index contributed by atoms with van der Waals surface area (Å²) < 4.78 is 7.20. The highest BCUT2D eigenvalue weighted by Gasteiger charge is 2.20. The predicted molar refractivity (Wildman–Crippen MR) is 88.5 cm³/mol. The summed E-state index contributed by atoms with van der Waals surface area (Å²) in [6, 6.07) is 6.34. The monoisotopic (exact) mass is 339 g/mol. The third kappa shape index (κ3) is 4.49. The summed E-state index contributed by atoms with van der Waals surface area (Å²) in [5.74, 6) is 1.86. The first-order chi connectivity index (χ1) is 9.47. The molecule has 1 fully saturated rings. The topological polar surface area (TPSA) is 21.3 Å². The Labute approximate surface area is 131 Å². The third-order valence-corrected chi connectivity index (χ3v) is 4.49. The Morgan fingerprint density at radius 2 is 1.95 bits per heavy atom. The lowest BCUT2D eigenvalue weighted by Gasteiger charge is -2.25. The minimum atomic E-state index is 0.105. The van der Waals surface area contributed by atoms with Gasteiger partial charge in [0.25, 0.3) is 0 Å². The van der Waals surface area contributed by atoms with Crippen LogP contribution in [0, 0.1) is 5.92 Å². The highest BCUT2D eigenvalue weighted by Crippen LogP contribution is 2.34. The van der Waals surface area contributed by atoms with Crippen LogP contribution in [0.5, 0.6) is 5.75 Å². The van der Waals surface area contributed by atoms with Gasteiger partial charge in [0.15, 0.2) is 0 Å². The molecule has 112 valence electrons. The van der Waals surface area contributed by atoms with Gasteiger partial charge in [0.05, 0.1) is 6.61 Å². The van der Waals surface area contributed by atoms with E-state index in [0.717, 1.165) is 35.8 Å². The van der Waals surface area contributed by atoms with Crippen LogP contribution in [-0.4, -0.2) is 19.7 Å². The summed E-state index contributed by atoms with van der Waals surface area (Å²) in [6.07, 6.45) is 3.74. The van der Waals surface area contributed by atoms with Crippen molar-refractivity contribution in [1.29, 1.82) is 0 Å². The second-order valence-corrected chi connectivity index (χ2v) is 7.64. The van der Waals surface area contributed by atoms with Gasteiger partial charge in [-0.15, -0.1) is 0 Å². The van der Waals surface area contributed by atoms with Gasteiger partial charge in [0.1, 0.15) is 5.75 Å². The zero-order valence-corrected chi connectivity index (χ0v) is 14.4. The maximum atomic E-state index is 6.08. The first-order valence-electron chi connectivity index (χ1n) is 7.60. The lowest BCUT2D eigenvalue weighted by atomic mass is 9.86. The van der Waals surface area contributed by atoms with Gasteiger partial charge in [-0.2, -0.15) is 0 Å². The van der Waals surface area contributed by atoms with E-state index >= 15 is 0 Å². The van der Waals surface area contributed by atoms with Crippen molar-refractivity contribution in [3.8, 4) is 5.75 Å². The molecule has 1 aromatic carbocycles. The van der Waals surface area contributed by atoms with Crippen LogP contribution in [0.2, 0.25) is 0 Å². The largest absolute Gasteiger partial charge is 0.493 e. The van der Waals surface area contributed by atoms with Crippen molar-refractivity contribution in [3.05, 3.63) is 28.2 Å². The van der Waals surface area contributed by atoms with Crippen LogP contribution < -0.4 is 10.1 Å². The predicted octanol–water partition coefficient (Wildman–Crippen LogP) is 4.52. The molecule has 20 heavy (non-hydrogen) atoms. The molecule has 3 heteroatoms. The molecular weight excluding hydrogens is 314 g/mol. The molecule has 2 rings (SSSR count). The van der Waals surface area contributed by atoms with Gasteiger partial charge in [0, 0.05) is 10.0 Å². The number of halogens is 1. The molecule has 0 saturated carbocycles. The Morgan fingerprint density at radius 1 is 1.25 bits per heavy atom. The van der Waals surface area contributed by atoms with E-state index in [9.17, 15) is 0 Å². The molecule has 0 atom stereocenters. The molecule has 1 aromatic rings. The average molecular weight is 340 g/mol. The molecule has 1 aliphatic heterocycles. The number of piperidine rings is 1. The van der Waals surface area contributed by atoms with E-state index in [2.05, 4.69) is 60.2 Å². The number of nitrogens with one attached hydrogen (secondary N) is 1. The Balaban J connectivity index is 1.95. The number of benzene rings is 1. The summed E-state index contributed by atoms with van der Waals surface area (Å²) in [6.45, 7) is 9.85. The molecule has 0 radical (unpaired) electrons. The van der Waals surface area contributed by atoms with E-state index in [4.69, 9.17) is 4.74 Å². The van der Waals surface area contributed by atoms with Crippen molar-refractivity contribution in [2.45, 2.75) is 45.4 Å². The molecule has 1 heterocycles. The number of ether oxygens (including phenoxy) is 1. The molecule has 1 N–H and O–H groups in total. The molecule has 0 unspecified atom stereocenters. The molecule has 1 aliphatic rings. The summed E-state index contributed by atoms with van der Waals surface area (Å²) >= 11 is 3.56. The highest BCUT2D eigenvalue weighted by atomic mass is 79.9. The first-order valence-corrected chi connectivity index (χ1v) is 8.39. The van der Waals surface area contributed by atoms with Crippen molar-refractivity contribution in [2.75, 3.05) is 19.7 Å². The fourth-order valence-corrected chi connectivity index (χ4v) is 3.08. The molecule has 0 bridgehead atoms. The lowest BCUT2D eigenvalue weighted by Crippen LogP contribution is -2.28. The SMILES string of the molecule is CC(C)(C)c1cc(Br)ccc1OCCC1CCNCC1. The molecular formula is C17H26BrNO. The second-order valence-electron chi connectivity index (χ2n) is 6.72. The number of hydrogen-bond donors (Lipinski definition) is 1. The smallest absolute Gasteiger partial charge is 0.123 e. The second kappa shape index (κ2) is 6.95. The quantitative estimate of drug-likeness (QED) is 0.870. The van der Waals surface area contributed by atoms with Crippen LogP contribution in [0.3, 0.4) is 0 Å². The Bertz CT molecular complexity index is 433. The van der Waals surface area contributed by atoms with Crippen molar-refractivity contribution in [3.63, 3.8) is 0 Å². The van der Waals surface area contributed by atoms with E-state index in [0.29, 0.717) is 0 Å². The normalized spacial score (nSPS) is 17.2. The maximum Gasteiger partial charge on any atom is 0.123 e. The minimum Gasteiger partial charge on any atom is -0.493 e. The molecule has 0 spiro atoms. The van der Waals surface area contributed by atoms with Gasteiger partial charge >= 0.3 is 0 Å². The van der Waals surface area contributed by atoms with Crippen LogP contribution in [0.4, 0.5) is 0 Å². The lowest BCUT2D eigenvalue weighted by molar-refractivity contribution is 0.248. The number of hydrogen-bond acceptors (Lipinski definition) is 2. The zero-order chi connectivity index (χ0) is 14.6. The summed E-state index contributed by atoms with van der Waals surface area (Å²) in [7, 11) is 0. The van der Waals surface area contributed by atoms with Gasteiger partial charge < -0.3 is 10.1 Å². The third-order valence-electron chi connectivity index (χ3n) is 3.99. The van der Waals surface area contributed by atoms with Crippen LogP contribution in [0.15, 0.2) is 22.7 Å². The highest BCUT2D eigenvalue weighted by molar-refractivity contribution is 9.10. The van der Waals surface area contributed by atoms with E-state index in [-0.39, 0.29) is 5.41 Å². The van der Waals surface area contributed by atoms with Crippen molar-refractivity contribution >= 4 is 15.9 Å². The molecule has 0 aromatic heterocycles. The van der Waals surface area contributed by atoms with E-state index in [1.807, 2.05) is 0 Å². The first kappa shape index (κ1) is 15.8. The fraction of sp³-hybridized carbons (Fsp3) is 0.647. The van der Waals surface area contributed by atoms with Gasteiger partial charge in [-0.25, -0.2) is 0 Å². The maximum absolute atomic E-state index is 6.08. The van der Waals surface area contributed by atoms with Crippen molar-refractivity contribution < 1.29 is 4.74 Å². The standard InChI is InChI=1S/C17H26BrNO/c1-17(2,3)15-12-14(18)4-5-16(15)20-11-8-13-6-9-19-10-7-13/h4-5,12-13,19H,6-11H2,1-3H3.